The number of aromatic nitrogens is 2. The van der Waals surface area contributed by atoms with Gasteiger partial charge in [0.25, 0.3) is 0 Å². The second-order valence-corrected chi connectivity index (χ2v) is 4.04. The zero-order chi connectivity index (χ0) is 12.5. The number of benzene rings is 1. The van der Waals surface area contributed by atoms with Gasteiger partial charge in [-0.25, -0.2) is 4.98 Å². The summed E-state index contributed by atoms with van der Waals surface area (Å²) in [5.41, 5.74) is 1.85. The molecule has 1 N–H and O–H groups in total. The predicted octanol–water partition coefficient (Wildman–Crippen LogP) is 3.92. The Hall–Kier alpha value is -1.52. The number of aromatic amines is 1. The van der Waals surface area contributed by atoms with Gasteiger partial charge in [0.1, 0.15) is 0 Å². The monoisotopic (exact) mass is 242 g/mol. The van der Waals surface area contributed by atoms with Crippen LogP contribution in [0, 0.1) is 0 Å². The lowest BCUT2D eigenvalue weighted by Gasteiger charge is -1.99. The number of rotatable bonds is 3. The summed E-state index contributed by atoms with van der Waals surface area (Å²) in [5.74, 6) is -0.930. The smallest absolute Gasteiger partial charge is 0.334 e. The van der Waals surface area contributed by atoms with Crippen molar-refractivity contribution in [2.24, 2.45) is 0 Å². The molecule has 2 nitrogen and oxygen atoms in total. The standard InChI is InChI=1S/C12H13F3N2/c1-2-3-4-8-5-6-9-10(7-8)17-11(16-9)12(13,14)15/h5-7H,2-4H2,1H3,(H,16,17). The van der Waals surface area contributed by atoms with E-state index >= 15 is 0 Å². The van der Waals surface area contributed by atoms with Crippen molar-refractivity contribution in [3.05, 3.63) is 29.6 Å². The van der Waals surface area contributed by atoms with Crippen LogP contribution in [0.15, 0.2) is 18.2 Å². The van der Waals surface area contributed by atoms with Gasteiger partial charge >= 0.3 is 6.18 Å². The van der Waals surface area contributed by atoms with E-state index in [4.69, 9.17) is 0 Å². The Morgan fingerprint density at radius 1 is 1.29 bits per heavy atom. The number of nitrogens with zero attached hydrogens (tertiary/aromatic N) is 1. The topological polar surface area (TPSA) is 28.7 Å². The number of halogens is 3. The summed E-state index contributed by atoms with van der Waals surface area (Å²) < 4.78 is 37.3. The molecule has 0 unspecified atom stereocenters. The molecule has 17 heavy (non-hydrogen) atoms. The minimum atomic E-state index is -4.41. The molecular weight excluding hydrogens is 229 g/mol. The molecule has 5 heteroatoms. The third kappa shape index (κ3) is 2.60. The number of hydrogen-bond donors (Lipinski definition) is 1. The molecule has 0 aliphatic heterocycles. The first-order chi connectivity index (χ1) is 8.00. The Labute approximate surface area is 96.9 Å². The van der Waals surface area contributed by atoms with E-state index in [0.29, 0.717) is 11.0 Å². The summed E-state index contributed by atoms with van der Waals surface area (Å²) >= 11 is 0. The Kier molecular flexibility index (Phi) is 3.09. The van der Waals surface area contributed by atoms with Gasteiger partial charge < -0.3 is 4.98 Å². The van der Waals surface area contributed by atoms with Crippen molar-refractivity contribution in [1.29, 1.82) is 0 Å². The lowest BCUT2D eigenvalue weighted by atomic mass is 10.1. The van der Waals surface area contributed by atoms with Crippen LogP contribution in [-0.2, 0) is 12.6 Å². The normalized spacial score (nSPS) is 12.2. The molecule has 0 amide bonds. The summed E-state index contributed by atoms with van der Waals surface area (Å²) in [7, 11) is 0. The lowest BCUT2D eigenvalue weighted by Crippen LogP contribution is -2.06. The average Bonchev–Trinajstić information content (AvgIpc) is 2.68. The first-order valence-electron chi connectivity index (χ1n) is 5.56. The van der Waals surface area contributed by atoms with Crippen molar-refractivity contribution in [3.63, 3.8) is 0 Å². The quantitative estimate of drug-likeness (QED) is 0.868. The van der Waals surface area contributed by atoms with Gasteiger partial charge in [0.05, 0.1) is 11.0 Å². The van der Waals surface area contributed by atoms with Crippen LogP contribution >= 0.6 is 0 Å². The molecule has 1 aromatic heterocycles. The number of H-pyrrole nitrogens is 1. The number of fused-ring (bicyclic) bond motifs is 1. The molecule has 92 valence electrons. The van der Waals surface area contributed by atoms with E-state index in [2.05, 4.69) is 16.9 Å². The Balaban J connectivity index is 2.34. The molecule has 0 bridgehead atoms. The highest BCUT2D eigenvalue weighted by Gasteiger charge is 2.34. The van der Waals surface area contributed by atoms with Crippen LogP contribution in [0.1, 0.15) is 31.2 Å². The third-order valence-corrected chi connectivity index (χ3v) is 2.63. The zero-order valence-electron chi connectivity index (χ0n) is 9.43. The molecule has 0 aliphatic carbocycles. The first-order valence-corrected chi connectivity index (χ1v) is 5.56. The summed E-state index contributed by atoms with van der Waals surface area (Å²) in [5, 5.41) is 0. The van der Waals surface area contributed by atoms with Crippen molar-refractivity contribution in [2.45, 2.75) is 32.4 Å². The van der Waals surface area contributed by atoms with Crippen molar-refractivity contribution < 1.29 is 13.2 Å². The SMILES string of the molecule is CCCCc1ccc2nc(C(F)(F)F)[nH]c2c1. The lowest BCUT2D eigenvalue weighted by molar-refractivity contribution is -0.144. The number of imidazole rings is 1. The van der Waals surface area contributed by atoms with E-state index in [1.165, 1.54) is 0 Å². The molecular formula is C12H13F3N2. The van der Waals surface area contributed by atoms with Gasteiger partial charge in [-0.05, 0) is 30.5 Å². The van der Waals surface area contributed by atoms with Gasteiger partial charge in [0.2, 0.25) is 5.82 Å². The zero-order valence-corrected chi connectivity index (χ0v) is 9.43. The molecule has 0 atom stereocenters. The third-order valence-electron chi connectivity index (χ3n) is 2.63. The minimum Gasteiger partial charge on any atom is -0.334 e. The number of unbranched alkanes of at least 4 members (excludes halogenated alkanes) is 1. The fourth-order valence-electron chi connectivity index (χ4n) is 1.73. The summed E-state index contributed by atoms with van der Waals surface area (Å²) in [6, 6.07) is 5.21. The van der Waals surface area contributed by atoms with Crippen LogP contribution in [-0.4, -0.2) is 9.97 Å². The van der Waals surface area contributed by atoms with Gasteiger partial charge in [-0.15, -0.1) is 0 Å². The number of hydrogen-bond acceptors (Lipinski definition) is 1. The molecule has 0 spiro atoms. The van der Waals surface area contributed by atoms with E-state index in [-0.39, 0.29) is 0 Å². The van der Waals surface area contributed by atoms with E-state index in [1.807, 2.05) is 6.07 Å². The average molecular weight is 242 g/mol. The Morgan fingerprint density at radius 2 is 2.06 bits per heavy atom. The van der Waals surface area contributed by atoms with Gasteiger partial charge in [-0.2, -0.15) is 13.2 Å². The summed E-state index contributed by atoms with van der Waals surface area (Å²) in [4.78, 5) is 5.84. The number of aryl methyl sites for hydroxylation is 1. The van der Waals surface area contributed by atoms with Crippen molar-refractivity contribution in [2.75, 3.05) is 0 Å². The molecule has 0 saturated carbocycles. The fourth-order valence-corrected chi connectivity index (χ4v) is 1.73. The summed E-state index contributed by atoms with van der Waals surface area (Å²) in [6.07, 6.45) is -1.43. The number of nitrogens with one attached hydrogen (secondary N) is 1. The molecule has 0 saturated heterocycles. The molecule has 2 rings (SSSR count). The van der Waals surface area contributed by atoms with Crippen LogP contribution < -0.4 is 0 Å². The molecule has 0 aliphatic rings. The van der Waals surface area contributed by atoms with Crippen LogP contribution in [0.5, 0.6) is 0 Å². The minimum absolute atomic E-state index is 0.359. The maximum atomic E-state index is 12.4. The second-order valence-electron chi connectivity index (χ2n) is 4.04. The van der Waals surface area contributed by atoms with E-state index < -0.39 is 12.0 Å². The molecule has 0 fully saturated rings. The second kappa shape index (κ2) is 4.39. The summed E-state index contributed by atoms with van der Waals surface area (Å²) in [6.45, 7) is 2.08. The molecule has 1 heterocycles. The van der Waals surface area contributed by atoms with Crippen molar-refractivity contribution in [3.8, 4) is 0 Å². The van der Waals surface area contributed by atoms with E-state index in [0.717, 1.165) is 24.8 Å². The largest absolute Gasteiger partial charge is 0.449 e. The predicted molar refractivity (Wildman–Crippen MR) is 59.7 cm³/mol. The van der Waals surface area contributed by atoms with Crippen molar-refractivity contribution >= 4 is 11.0 Å². The first kappa shape index (κ1) is 12.0. The van der Waals surface area contributed by atoms with Gasteiger partial charge in [0, 0.05) is 0 Å². The van der Waals surface area contributed by atoms with Crippen LogP contribution in [0.25, 0.3) is 11.0 Å². The Bertz CT molecular complexity index is 514. The molecule has 2 aromatic rings. The van der Waals surface area contributed by atoms with E-state index in [1.54, 1.807) is 12.1 Å². The van der Waals surface area contributed by atoms with Gasteiger partial charge in [-0.3, -0.25) is 0 Å². The van der Waals surface area contributed by atoms with E-state index in [9.17, 15) is 13.2 Å². The highest BCUT2D eigenvalue weighted by molar-refractivity contribution is 5.76. The Morgan fingerprint density at radius 3 is 2.71 bits per heavy atom. The molecule has 1 aromatic carbocycles. The maximum Gasteiger partial charge on any atom is 0.449 e. The van der Waals surface area contributed by atoms with Crippen LogP contribution in [0.4, 0.5) is 13.2 Å². The van der Waals surface area contributed by atoms with Gasteiger partial charge in [0.15, 0.2) is 0 Å². The van der Waals surface area contributed by atoms with Crippen LogP contribution in [0.3, 0.4) is 0 Å². The fraction of sp³-hybridized carbons (Fsp3) is 0.417. The number of alkyl halides is 3. The molecule has 0 radical (unpaired) electrons. The van der Waals surface area contributed by atoms with Gasteiger partial charge in [-0.1, -0.05) is 19.4 Å². The maximum absolute atomic E-state index is 12.4. The highest BCUT2D eigenvalue weighted by atomic mass is 19.4. The van der Waals surface area contributed by atoms with Crippen molar-refractivity contribution in [1.82, 2.24) is 9.97 Å². The highest BCUT2D eigenvalue weighted by Crippen LogP contribution is 2.28. The van der Waals surface area contributed by atoms with Crippen LogP contribution in [0.2, 0.25) is 0 Å².